The van der Waals surface area contributed by atoms with Crippen LogP contribution in [0.4, 0.5) is 5.69 Å². The molecule has 0 saturated carbocycles. The number of carbonyl (C=O) groups is 1. The van der Waals surface area contributed by atoms with Gasteiger partial charge in [0.2, 0.25) is 0 Å². The summed E-state index contributed by atoms with van der Waals surface area (Å²) in [6.07, 6.45) is 0. The smallest absolute Gasteiger partial charge is 0.266 e. The summed E-state index contributed by atoms with van der Waals surface area (Å²) in [6, 6.07) is 5.78. The van der Waals surface area contributed by atoms with E-state index in [1.807, 2.05) is 32.0 Å². The lowest BCUT2D eigenvalue weighted by Gasteiger charge is -2.33. The number of aliphatic hydroxyl groups is 1. The van der Waals surface area contributed by atoms with Crippen LogP contribution in [0.3, 0.4) is 0 Å². The number of hydrogen-bond donors (Lipinski definition) is 2. The lowest BCUT2D eigenvalue weighted by molar-refractivity contribution is 0.0479. The monoisotopic (exact) mass is 356 g/mol. The normalized spacial score (nSPS) is 11.8. The fourth-order valence-corrected chi connectivity index (χ4v) is 3.22. The highest BCUT2D eigenvalue weighted by molar-refractivity contribution is 9.10. The van der Waals surface area contributed by atoms with E-state index in [9.17, 15) is 9.90 Å². The molecule has 0 spiro atoms. The van der Waals surface area contributed by atoms with Gasteiger partial charge in [0.25, 0.3) is 5.91 Å². The van der Waals surface area contributed by atoms with Crippen LogP contribution in [0.25, 0.3) is 10.1 Å². The first kappa shape index (κ1) is 15.3. The summed E-state index contributed by atoms with van der Waals surface area (Å²) in [5.74, 6) is -0.168. The number of nitrogens with zero attached hydrogens (tertiary/aromatic N) is 1. The van der Waals surface area contributed by atoms with E-state index in [0.717, 1.165) is 14.6 Å². The van der Waals surface area contributed by atoms with Gasteiger partial charge in [0.15, 0.2) is 0 Å². The van der Waals surface area contributed by atoms with Gasteiger partial charge in [-0.25, -0.2) is 0 Å². The topological polar surface area (TPSA) is 66.6 Å². The molecule has 0 unspecified atom stereocenters. The number of likely N-dealkylation sites (N-methyl/N-ethyl adjacent to an activating group) is 1. The third kappa shape index (κ3) is 2.55. The van der Waals surface area contributed by atoms with Gasteiger partial charge in [-0.2, -0.15) is 0 Å². The van der Waals surface area contributed by atoms with Crippen molar-refractivity contribution in [1.82, 2.24) is 4.90 Å². The van der Waals surface area contributed by atoms with Crippen LogP contribution in [0, 0.1) is 0 Å². The molecule has 0 fully saturated rings. The summed E-state index contributed by atoms with van der Waals surface area (Å²) in [5, 5.41) is 10.3. The van der Waals surface area contributed by atoms with Crippen molar-refractivity contribution in [2.24, 2.45) is 0 Å². The number of fused-ring (bicyclic) bond motifs is 1. The number of rotatable bonds is 3. The number of thiophene rings is 1. The van der Waals surface area contributed by atoms with Crippen LogP contribution < -0.4 is 5.73 Å². The molecule has 20 heavy (non-hydrogen) atoms. The standard InChI is InChI=1S/C14H17BrN2O2S/c1-14(2,7-18)17(3)13(19)12-11(16)9-6-8(15)4-5-10(9)20-12/h4-6,18H,7,16H2,1-3H3. The Kier molecular flexibility index (Phi) is 4.09. The van der Waals surface area contributed by atoms with E-state index in [-0.39, 0.29) is 12.5 Å². The molecule has 1 aromatic carbocycles. The van der Waals surface area contributed by atoms with Crippen molar-refractivity contribution >= 4 is 48.9 Å². The van der Waals surface area contributed by atoms with Gasteiger partial charge in [0, 0.05) is 21.6 Å². The van der Waals surface area contributed by atoms with Crippen molar-refractivity contribution in [1.29, 1.82) is 0 Å². The maximum Gasteiger partial charge on any atom is 0.266 e. The molecule has 0 radical (unpaired) electrons. The zero-order valence-electron chi connectivity index (χ0n) is 11.6. The summed E-state index contributed by atoms with van der Waals surface area (Å²) in [7, 11) is 1.68. The molecule has 1 amide bonds. The Hall–Kier alpha value is -1.11. The number of hydrogen-bond acceptors (Lipinski definition) is 4. The first-order valence-corrected chi connectivity index (χ1v) is 7.75. The van der Waals surface area contributed by atoms with E-state index in [4.69, 9.17) is 5.73 Å². The maximum absolute atomic E-state index is 12.6. The predicted molar refractivity (Wildman–Crippen MR) is 87.2 cm³/mol. The number of benzene rings is 1. The van der Waals surface area contributed by atoms with Crippen LogP contribution in [-0.4, -0.2) is 35.1 Å². The van der Waals surface area contributed by atoms with Gasteiger partial charge in [0.1, 0.15) is 4.88 Å². The average Bonchev–Trinajstić information content (AvgIpc) is 2.74. The minimum Gasteiger partial charge on any atom is -0.397 e. The van der Waals surface area contributed by atoms with Gasteiger partial charge >= 0.3 is 0 Å². The summed E-state index contributed by atoms with van der Waals surface area (Å²) in [4.78, 5) is 14.6. The fourth-order valence-electron chi connectivity index (χ4n) is 1.78. The minimum atomic E-state index is -0.625. The lowest BCUT2D eigenvalue weighted by Crippen LogP contribution is -2.47. The van der Waals surface area contributed by atoms with Crippen molar-refractivity contribution in [3.05, 3.63) is 27.5 Å². The molecule has 3 N–H and O–H groups in total. The second kappa shape index (κ2) is 5.35. The summed E-state index contributed by atoms with van der Waals surface area (Å²) < 4.78 is 1.90. The van der Waals surface area contributed by atoms with E-state index in [1.54, 1.807) is 7.05 Å². The average molecular weight is 357 g/mol. The minimum absolute atomic E-state index is 0.106. The molecule has 0 aliphatic heterocycles. The van der Waals surface area contributed by atoms with Crippen LogP contribution in [0.5, 0.6) is 0 Å². The second-order valence-corrected chi connectivity index (χ2v) is 7.29. The Balaban J connectivity index is 2.48. The summed E-state index contributed by atoms with van der Waals surface area (Å²) in [5.41, 5.74) is 5.98. The summed E-state index contributed by atoms with van der Waals surface area (Å²) in [6.45, 7) is 3.52. The Labute approximate surface area is 130 Å². The molecule has 0 saturated heterocycles. The van der Waals surface area contributed by atoms with Crippen LogP contribution >= 0.6 is 27.3 Å². The maximum atomic E-state index is 12.6. The number of amides is 1. The summed E-state index contributed by atoms with van der Waals surface area (Å²) >= 11 is 4.78. The van der Waals surface area contributed by atoms with Gasteiger partial charge in [0.05, 0.1) is 17.8 Å². The van der Waals surface area contributed by atoms with Crippen LogP contribution in [0.2, 0.25) is 0 Å². The molecule has 6 heteroatoms. The lowest BCUT2D eigenvalue weighted by atomic mass is 10.0. The first-order chi connectivity index (χ1) is 9.27. The Morgan fingerprint density at radius 1 is 1.50 bits per heavy atom. The first-order valence-electron chi connectivity index (χ1n) is 6.14. The quantitative estimate of drug-likeness (QED) is 0.887. The van der Waals surface area contributed by atoms with Crippen molar-refractivity contribution < 1.29 is 9.90 Å². The molecule has 0 atom stereocenters. The molecule has 0 bridgehead atoms. The molecule has 0 aliphatic rings. The number of halogens is 1. The van der Waals surface area contributed by atoms with Crippen molar-refractivity contribution in [3.63, 3.8) is 0 Å². The number of nitrogens with two attached hydrogens (primary N) is 1. The molecule has 2 aromatic rings. The fraction of sp³-hybridized carbons (Fsp3) is 0.357. The second-order valence-electron chi connectivity index (χ2n) is 5.32. The van der Waals surface area contributed by atoms with Gasteiger partial charge in [-0.05, 0) is 32.0 Å². The molecule has 2 rings (SSSR count). The van der Waals surface area contributed by atoms with E-state index >= 15 is 0 Å². The van der Waals surface area contributed by atoms with Crippen molar-refractivity contribution in [2.75, 3.05) is 19.4 Å². The van der Waals surface area contributed by atoms with E-state index in [2.05, 4.69) is 15.9 Å². The molecule has 4 nitrogen and oxygen atoms in total. The number of carbonyl (C=O) groups excluding carboxylic acids is 1. The third-order valence-electron chi connectivity index (χ3n) is 3.48. The Bertz CT molecular complexity index is 666. The van der Waals surface area contributed by atoms with E-state index in [0.29, 0.717) is 10.6 Å². The van der Waals surface area contributed by atoms with E-state index < -0.39 is 5.54 Å². The zero-order chi connectivity index (χ0) is 15.1. The number of nitrogen functional groups attached to an aromatic ring is 1. The number of anilines is 1. The molecule has 108 valence electrons. The highest BCUT2D eigenvalue weighted by Gasteiger charge is 2.30. The number of aliphatic hydroxyl groups excluding tert-OH is 1. The third-order valence-corrected chi connectivity index (χ3v) is 5.15. The molecule has 1 heterocycles. The van der Waals surface area contributed by atoms with Crippen LogP contribution in [0.15, 0.2) is 22.7 Å². The van der Waals surface area contributed by atoms with Crippen molar-refractivity contribution in [2.45, 2.75) is 19.4 Å². The molecular weight excluding hydrogens is 340 g/mol. The highest BCUT2D eigenvalue weighted by Crippen LogP contribution is 2.36. The Morgan fingerprint density at radius 2 is 2.15 bits per heavy atom. The van der Waals surface area contributed by atoms with Gasteiger partial charge < -0.3 is 15.7 Å². The molecule has 0 aliphatic carbocycles. The molecule has 1 aromatic heterocycles. The predicted octanol–water partition coefficient (Wildman–Crippen LogP) is 3.09. The largest absolute Gasteiger partial charge is 0.397 e. The Morgan fingerprint density at radius 3 is 2.75 bits per heavy atom. The van der Waals surface area contributed by atoms with Crippen LogP contribution in [-0.2, 0) is 0 Å². The van der Waals surface area contributed by atoms with Crippen LogP contribution in [0.1, 0.15) is 23.5 Å². The van der Waals surface area contributed by atoms with Gasteiger partial charge in [-0.1, -0.05) is 15.9 Å². The van der Waals surface area contributed by atoms with Crippen molar-refractivity contribution in [3.8, 4) is 0 Å². The molecular formula is C14H17BrN2O2S. The zero-order valence-corrected chi connectivity index (χ0v) is 14.0. The van der Waals surface area contributed by atoms with Gasteiger partial charge in [-0.3, -0.25) is 4.79 Å². The van der Waals surface area contributed by atoms with E-state index in [1.165, 1.54) is 16.2 Å². The van der Waals surface area contributed by atoms with Gasteiger partial charge in [-0.15, -0.1) is 11.3 Å². The highest BCUT2D eigenvalue weighted by atomic mass is 79.9. The SMILES string of the molecule is CN(C(=O)c1sc2ccc(Br)cc2c1N)C(C)(C)CO.